The van der Waals surface area contributed by atoms with Gasteiger partial charge in [-0.1, -0.05) is 30.3 Å². The number of pyridine rings is 1. The maximum absolute atomic E-state index is 12.4. The van der Waals surface area contributed by atoms with Crippen LogP contribution in [0.2, 0.25) is 0 Å². The Kier molecular flexibility index (Phi) is 6.25. The Hall–Kier alpha value is -3.09. The SMILES string of the molecule is CCOC(=O)N1CCN(c2cc(C(=O)NCc3ccccc3)ccn2)CC1. The van der Waals surface area contributed by atoms with Crippen molar-refractivity contribution in [1.29, 1.82) is 0 Å². The van der Waals surface area contributed by atoms with Crippen LogP contribution < -0.4 is 10.2 Å². The fourth-order valence-electron chi connectivity index (χ4n) is 2.95. The van der Waals surface area contributed by atoms with E-state index in [1.807, 2.05) is 30.3 Å². The van der Waals surface area contributed by atoms with Gasteiger partial charge in [0.15, 0.2) is 0 Å². The van der Waals surface area contributed by atoms with Gasteiger partial charge in [0.05, 0.1) is 6.61 Å². The van der Waals surface area contributed by atoms with Crippen LogP contribution in [0, 0.1) is 0 Å². The number of carbonyl (C=O) groups is 2. The summed E-state index contributed by atoms with van der Waals surface area (Å²) in [7, 11) is 0. The summed E-state index contributed by atoms with van der Waals surface area (Å²) in [6, 6.07) is 13.3. The molecule has 27 heavy (non-hydrogen) atoms. The molecule has 3 rings (SSSR count). The third-order valence-electron chi connectivity index (χ3n) is 4.43. The van der Waals surface area contributed by atoms with Crippen molar-refractivity contribution in [3.63, 3.8) is 0 Å². The number of hydrogen-bond acceptors (Lipinski definition) is 5. The molecule has 1 fully saturated rings. The van der Waals surface area contributed by atoms with Gasteiger partial charge in [-0.25, -0.2) is 9.78 Å². The second-order valence-corrected chi connectivity index (χ2v) is 6.24. The fraction of sp³-hybridized carbons (Fsp3) is 0.350. The van der Waals surface area contributed by atoms with E-state index in [2.05, 4.69) is 15.2 Å². The van der Waals surface area contributed by atoms with Crippen LogP contribution in [0.4, 0.5) is 10.6 Å². The summed E-state index contributed by atoms with van der Waals surface area (Å²) in [6.07, 6.45) is 1.36. The first kappa shape index (κ1) is 18.7. The minimum Gasteiger partial charge on any atom is -0.450 e. The normalized spacial score (nSPS) is 14.0. The van der Waals surface area contributed by atoms with Gasteiger partial charge in [-0.05, 0) is 24.6 Å². The number of amides is 2. The molecule has 1 aliphatic heterocycles. The number of carbonyl (C=O) groups excluding carboxylic acids is 2. The van der Waals surface area contributed by atoms with Crippen molar-refractivity contribution in [1.82, 2.24) is 15.2 Å². The van der Waals surface area contributed by atoms with E-state index in [0.717, 1.165) is 11.4 Å². The van der Waals surface area contributed by atoms with E-state index in [0.29, 0.717) is 44.9 Å². The van der Waals surface area contributed by atoms with E-state index in [-0.39, 0.29) is 12.0 Å². The first-order chi connectivity index (χ1) is 13.2. The van der Waals surface area contributed by atoms with Crippen LogP contribution in [0.15, 0.2) is 48.7 Å². The van der Waals surface area contributed by atoms with Crippen LogP contribution in [0.1, 0.15) is 22.8 Å². The van der Waals surface area contributed by atoms with Crippen LogP contribution in [0.3, 0.4) is 0 Å². The largest absolute Gasteiger partial charge is 0.450 e. The van der Waals surface area contributed by atoms with Crippen molar-refractivity contribution in [2.75, 3.05) is 37.7 Å². The first-order valence-corrected chi connectivity index (χ1v) is 9.12. The monoisotopic (exact) mass is 368 g/mol. The van der Waals surface area contributed by atoms with Crippen molar-refractivity contribution in [2.45, 2.75) is 13.5 Å². The molecule has 1 N–H and O–H groups in total. The molecule has 2 amide bonds. The number of anilines is 1. The van der Waals surface area contributed by atoms with Gasteiger partial charge in [0.25, 0.3) is 5.91 Å². The quantitative estimate of drug-likeness (QED) is 0.876. The van der Waals surface area contributed by atoms with Gasteiger partial charge in [0, 0.05) is 44.5 Å². The molecular weight excluding hydrogens is 344 g/mol. The number of aromatic nitrogens is 1. The number of rotatable bonds is 5. The molecule has 7 nitrogen and oxygen atoms in total. The van der Waals surface area contributed by atoms with Crippen molar-refractivity contribution in [3.8, 4) is 0 Å². The predicted molar refractivity (Wildman–Crippen MR) is 103 cm³/mol. The molecule has 1 aromatic heterocycles. The summed E-state index contributed by atoms with van der Waals surface area (Å²) < 4.78 is 5.04. The van der Waals surface area contributed by atoms with E-state index in [1.165, 1.54) is 0 Å². The highest BCUT2D eigenvalue weighted by molar-refractivity contribution is 5.94. The number of nitrogens with one attached hydrogen (secondary N) is 1. The van der Waals surface area contributed by atoms with Crippen LogP contribution >= 0.6 is 0 Å². The lowest BCUT2D eigenvalue weighted by atomic mass is 10.2. The summed E-state index contributed by atoms with van der Waals surface area (Å²) in [5.74, 6) is 0.610. The highest BCUT2D eigenvalue weighted by atomic mass is 16.6. The second-order valence-electron chi connectivity index (χ2n) is 6.24. The minimum absolute atomic E-state index is 0.132. The molecule has 2 heterocycles. The number of hydrogen-bond donors (Lipinski definition) is 1. The summed E-state index contributed by atoms with van der Waals surface area (Å²) in [5, 5.41) is 2.93. The molecule has 142 valence electrons. The minimum atomic E-state index is -0.279. The Balaban J connectivity index is 1.57. The van der Waals surface area contributed by atoms with Crippen molar-refractivity contribution in [2.24, 2.45) is 0 Å². The Morgan fingerprint density at radius 3 is 2.56 bits per heavy atom. The van der Waals surface area contributed by atoms with Crippen LogP contribution in [-0.4, -0.2) is 54.7 Å². The fourth-order valence-corrected chi connectivity index (χ4v) is 2.95. The molecule has 7 heteroatoms. The molecule has 0 bridgehead atoms. The Bertz CT molecular complexity index is 774. The molecule has 1 saturated heterocycles. The molecule has 2 aromatic rings. The Morgan fingerprint density at radius 1 is 1.11 bits per heavy atom. The summed E-state index contributed by atoms with van der Waals surface area (Å²) in [6.45, 7) is 5.11. The van der Waals surface area contributed by atoms with Gasteiger partial charge in [0.1, 0.15) is 5.82 Å². The van der Waals surface area contributed by atoms with Crippen molar-refractivity contribution < 1.29 is 14.3 Å². The van der Waals surface area contributed by atoms with Crippen molar-refractivity contribution >= 4 is 17.8 Å². The molecule has 0 spiro atoms. The zero-order chi connectivity index (χ0) is 19.1. The van der Waals surface area contributed by atoms with Gasteiger partial charge >= 0.3 is 6.09 Å². The topological polar surface area (TPSA) is 74.8 Å². The van der Waals surface area contributed by atoms with Crippen LogP contribution in [0.5, 0.6) is 0 Å². The predicted octanol–water partition coefficient (Wildman–Crippen LogP) is 2.29. The lowest BCUT2D eigenvalue weighted by Gasteiger charge is -2.34. The summed E-state index contributed by atoms with van der Waals surface area (Å²) in [4.78, 5) is 32.4. The van der Waals surface area contributed by atoms with E-state index >= 15 is 0 Å². The maximum atomic E-state index is 12.4. The van der Waals surface area contributed by atoms with Gasteiger partial charge in [-0.15, -0.1) is 0 Å². The first-order valence-electron chi connectivity index (χ1n) is 9.12. The highest BCUT2D eigenvalue weighted by Gasteiger charge is 2.23. The van der Waals surface area contributed by atoms with E-state index in [9.17, 15) is 9.59 Å². The lowest BCUT2D eigenvalue weighted by molar-refractivity contribution is 0.0950. The standard InChI is InChI=1S/C20H24N4O3/c1-2-27-20(26)24-12-10-23(11-13-24)18-14-17(8-9-21-18)19(25)22-15-16-6-4-3-5-7-16/h3-9,14H,2,10-13,15H2,1H3,(H,22,25). The molecule has 1 aromatic carbocycles. The lowest BCUT2D eigenvalue weighted by Crippen LogP contribution is -2.49. The van der Waals surface area contributed by atoms with Gasteiger partial charge in [-0.2, -0.15) is 0 Å². The zero-order valence-corrected chi connectivity index (χ0v) is 15.4. The number of ether oxygens (including phenoxy) is 1. The third kappa shape index (κ3) is 4.97. The van der Waals surface area contributed by atoms with Crippen LogP contribution in [-0.2, 0) is 11.3 Å². The van der Waals surface area contributed by atoms with Gasteiger partial charge in [-0.3, -0.25) is 4.79 Å². The molecule has 0 radical (unpaired) electrons. The Morgan fingerprint density at radius 2 is 1.85 bits per heavy atom. The average Bonchev–Trinajstić information content (AvgIpc) is 2.73. The maximum Gasteiger partial charge on any atom is 0.409 e. The third-order valence-corrected chi connectivity index (χ3v) is 4.43. The number of benzene rings is 1. The van der Waals surface area contributed by atoms with Crippen molar-refractivity contribution in [3.05, 3.63) is 59.8 Å². The van der Waals surface area contributed by atoms with E-state index in [1.54, 1.807) is 30.2 Å². The number of nitrogens with zero attached hydrogens (tertiary/aromatic N) is 3. The smallest absolute Gasteiger partial charge is 0.409 e. The number of piperazine rings is 1. The average molecular weight is 368 g/mol. The Labute approximate surface area is 158 Å². The summed E-state index contributed by atoms with van der Waals surface area (Å²) >= 11 is 0. The van der Waals surface area contributed by atoms with Gasteiger partial charge < -0.3 is 19.9 Å². The molecule has 0 aliphatic carbocycles. The van der Waals surface area contributed by atoms with E-state index in [4.69, 9.17) is 4.74 Å². The van der Waals surface area contributed by atoms with Crippen LogP contribution in [0.25, 0.3) is 0 Å². The highest BCUT2D eigenvalue weighted by Crippen LogP contribution is 2.16. The zero-order valence-electron chi connectivity index (χ0n) is 15.4. The van der Waals surface area contributed by atoms with Gasteiger partial charge in [0.2, 0.25) is 0 Å². The molecule has 1 aliphatic rings. The molecule has 0 saturated carbocycles. The van der Waals surface area contributed by atoms with E-state index < -0.39 is 0 Å². The molecule has 0 unspecified atom stereocenters. The summed E-state index contributed by atoms with van der Waals surface area (Å²) in [5.41, 5.74) is 1.62. The molecule has 0 atom stereocenters. The molecular formula is C20H24N4O3. The second kappa shape index (κ2) is 9.02.